The summed E-state index contributed by atoms with van der Waals surface area (Å²) >= 11 is 6.16. The number of aromatic nitrogens is 1. The molecule has 206 valence electrons. The van der Waals surface area contributed by atoms with Gasteiger partial charge in [-0.15, -0.1) is 0 Å². The highest BCUT2D eigenvalue weighted by atomic mass is 35.5. The molecule has 3 aromatic rings. The summed E-state index contributed by atoms with van der Waals surface area (Å²) in [6, 6.07) is 18.0. The van der Waals surface area contributed by atoms with Gasteiger partial charge in [0, 0.05) is 34.3 Å². The van der Waals surface area contributed by atoms with Crippen molar-refractivity contribution < 1.29 is 14.9 Å². The Bertz CT molecular complexity index is 1340. The molecule has 0 aliphatic carbocycles. The van der Waals surface area contributed by atoms with Crippen LogP contribution < -0.4 is 4.74 Å². The van der Waals surface area contributed by atoms with E-state index in [1.54, 1.807) is 20.0 Å². The van der Waals surface area contributed by atoms with Crippen molar-refractivity contribution in [2.24, 2.45) is 0 Å². The second-order valence-corrected chi connectivity index (χ2v) is 12.4. The normalized spacial score (nSPS) is 18.7. The lowest BCUT2D eigenvalue weighted by atomic mass is 9.63. The average Bonchev–Trinajstić information content (AvgIpc) is 3.05. The van der Waals surface area contributed by atoms with E-state index in [1.165, 1.54) is 0 Å². The summed E-state index contributed by atoms with van der Waals surface area (Å²) in [6.45, 7) is 10.6. The molecule has 3 heterocycles. The van der Waals surface area contributed by atoms with Crippen molar-refractivity contribution in [2.45, 2.75) is 70.2 Å². The number of pyridine rings is 1. The third kappa shape index (κ3) is 5.64. The van der Waals surface area contributed by atoms with Gasteiger partial charge in [-0.1, -0.05) is 41.9 Å². The molecule has 0 unspecified atom stereocenters. The number of aliphatic hydroxyl groups is 2. The molecule has 0 saturated carbocycles. The van der Waals surface area contributed by atoms with E-state index >= 15 is 0 Å². The molecule has 1 fully saturated rings. The van der Waals surface area contributed by atoms with Crippen molar-refractivity contribution in [1.82, 2.24) is 9.88 Å². The first-order valence-electron chi connectivity index (χ1n) is 13.8. The van der Waals surface area contributed by atoms with Crippen molar-refractivity contribution in [3.8, 4) is 5.75 Å². The van der Waals surface area contributed by atoms with Gasteiger partial charge in [-0.25, -0.2) is 0 Å². The van der Waals surface area contributed by atoms with Gasteiger partial charge in [0.25, 0.3) is 0 Å². The summed E-state index contributed by atoms with van der Waals surface area (Å²) in [7, 11) is 0. The minimum Gasteiger partial charge on any atom is -0.487 e. The average molecular weight is 547 g/mol. The molecule has 1 saturated heterocycles. The first-order valence-corrected chi connectivity index (χ1v) is 14.2. The zero-order chi connectivity index (χ0) is 27.8. The fourth-order valence-electron chi connectivity index (χ4n) is 6.13. The maximum Gasteiger partial charge on any atom is 0.131 e. The van der Waals surface area contributed by atoms with E-state index in [1.807, 2.05) is 50.2 Å². The molecule has 0 amide bonds. The van der Waals surface area contributed by atoms with Gasteiger partial charge in [0.15, 0.2) is 0 Å². The Morgan fingerprint density at radius 1 is 1.00 bits per heavy atom. The maximum atomic E-state index is 11.2. The Hall–Kier alpha value is -2.70. The Kier molecular flexibility index (Phi) is 7.64. The van der Waals surface area contributed by atoms with E-state index in [9.17, 15) is 10.2 Å². The summed E-state index contributed by atoms with van der Waals surface area (Å²) in [4.78, 5) is 7.09. The molecule has 2 aliphatic heterocycles. The maximum absolute atomic E-state index is 11.2. The molecule has 0 radical (unpaired) electrons. The fourth-order valence-corrected chi connectivity index (χ4v) is 6.25. The number of hydrogen-bond donors (Lipinski definition) is 2. The highest BCUT2D eigenvalue weighted by Crippen LogP contribution is 2.45. The van der Waals surface area contributed by atoms with Crippen LogP contribution in [0.4, 0.5) is 0 Å². The van der Waals surface area contributed by atoms with E-state index < -0.39 is 11.2 Å². The van der Waals surface area contributed by atoms with Gasteiger partial charge in [-0.05, 0) is 107 Å². The highest BCUT2D eigenvalue weighted by Gasteiger charge is 2.47. The van der Waals surface area contributed by atoms with Crippen LogP contribution in [0.2, 0.25) is 5.02 Å². The number of fused-ring (bicyclic) bond motifs is 2. The van der Waals surface area contributed by atoms with Crippen LogP contribution in [0.15, 0.2) is 66.9 Å². The molecular weight excluding hydrogens is 508 g/mol. The van der Waals surface area contributed by atoms with Crippen LogP contribution in [0.5, 0.6) is 5.75 Å². The largest absolute Gasteiger partial charge is 0.487 e. The summed E-state index contributed by atoms with van der Waals surface area (Å²) in [5.41, 5.74) is 3.99. The molecule has 5 nitrogen and oxygen atoms in total. The van der Waals surface area contributed by atoms with Crippen LogP contribution in [-0.2, 0) is 17.6 Å². The number of hydrogen-bond acceptors (Lipinski definition) is 5. The van der Waals surface area contributed by atoms with E-state index in [4.69, 9.17) is 16.3 Å². The molecule has 0 spiro atoms. The number of benzene rings is 2. The van der Waals surface area contributed by atoms with Gasteiger partial charge in [0.2, 0.25) is 0 Å². The first kappa shape index (κ1) is 27.9. The number of nitrogens with zero attached hydrogens (tertiary/aromatic N) is 2. The zero-order valence-electron chi connectivity index (χ0n) is 23.4. The van der Waals surface area contributed by atoms with E-state index in [0.29, 0.717) is 11.6 Å². The highest BCUT2D eigenvalue weighted by molar-refractivity contribution is 6.30. The minimum absolute atomic E-state index is 0.303. The Morgan fingerprint density at radius 2 is 1.72 bits per heavy atom. The fraction of sp³-hybridized carbons (Fsp3) is 0.424. The molecular formula is C33H39ClN2O3. The lowest BCUT2D eigenvalue weighted by Gasteiger charge is -2.49. The minimum atomic E-state index is -0.949. The van der Waals surface area contributed by atoms with Crippen molar-refractivity contribution in [2.75, 3.05) is 19.6 Å². The van der Waals surface area contributed by atoms with Crippen molar-refractivity contribution >= 4 is 17.2 Å². The van der Waals surface area contributed by atoms with Crippen molar-refractivity contribution in [1.29, 1.82) is 0 Å². The van der Waals surface area contributed by atoms with E-state index in [0.717, 1.165) is 78.2 Å². The summed E-state index contributed by atoms with van der Waals surface area (Å²) < 4.78 is 6.15. The first-order chi connectivity index (χ1) is 18.5. The zero-order valence-corrected chi connectivity index (χ0v) is 24.1. The van der Waals surface area contributed by atoms with Crippen LogP contribution in [0.3, 0.4) is 0 Å². The van der Waals surface area contributed by atoms with Crippen LogP contribution in [-0.4, -0.2) is 45.3 Å². The summed E-state index contributed by atoms with van der Waals surface area (Å²) in [5, 5.41) is 22.6. The third-order valence-electron chi connectivity index (χ3n) is 8.59. The molecule has 5 rings (SSSR count). The van der Waals surface area contributed by atoms with E-state index in [2.05, 4.69) is 34.2 Å². The molecule has 2 N–H and O–H groups in total. The predicted octanol–water partition coefficient (Wildman–Crippen LogP) is 6.48. The van der Waals surface area contributed by atoms with Crippen molar-refractivity contribution in [3.05, 3.63) is 99.8 Å². The van der Waals surface area contributed by atoms with Crippen LogP contribution in [0, 0.1) is 0 Å². The summed E-state index contributed by atoms with van der Waals surface area (Å²) in [5.74, 6) is 0.808. The Labute approximate surface area is 237 Å². The molecule has 2 aliphatic rings. The van der Waals surface area contributed by atoms with Gasteiger partial charge in [-0.2, -0.15) is 0 Å². The lowest BCUT2D eigenvalue weighted by molar-refractivity contribution is -0.0389. The molecule has 2 aromatic carbocycles. The quantitative estimate of drug-likeness (QED) is 0.370. The second kappa shape index (κ2) is 10.7. The number of likely N-dealkylation sites (tertiary alicyclic amines) is 1. The number of rotatable bonds is 6. The van der Waals surface area contributed by atoms with Crippen LogP contribution >= 0.6 is 11.6 Å². The molecule has 0 bridgehead atoms. The summed E-state index contributed by atoms with van der Waals surface area (Å²) in [6.07, 6.45) is 6.73. The van der Waals surface area contributed by atoms with Crippen molar-refractivity contribution in [3.63, 3.8) is 0 Å². The van der Waals surface area contributed by atoms with E-state index in [-0.39, 0.29) is 5.41 Å². The molecule has 0 atom stereocenters. The topological polar surface area (TPSA) is 65.8 Å². The van der Waals surface area contributed by atoms with Gasteiger partial charge < -0.3 is 19.8 Å². The third-order valence-corrected chi connectivity index (χ3v) is 8.84. The SMILES string of the molecule is CC(C)(O)c1ccc2c(c1)C(=CCCN1CCC(c3ccc(Cl)cc3)(C(C)(C)O)CC1)c1cccnc1CO2. The molecule has 1 aromatic heterocycles. The van der Waals surface area contributed by atoms with Crippen LogP contribution in [0.25, 0.3) is 5.57 Å². The van der Waals surface area contributed by atoms with Gasteiger partial charge >= 0.3 is 0 Å². The predicted molar refractivity (Wildman–Crippen MR) is 157 cm³/mol. The van der Waals surface area contributed by atoms with Gasteiger partial charge in [0.1, 0.15) is 12.4 Å². The monoisotopic (exact) mass is 546 g/mol. The molecule has 39 heavy (non-hydrogen) atoms. The van der Waals surface area contributed by atoms with Crippen LogP contribution in [0.1, 0.15) is 74.9 Å². The lowest BCUT2D eigenvalue weighted by Crippen LogP contribution is -2.54. The number of piperidine rings is 1. The Morgan fingerprint density at radius 3 is 2.38 bits per heavy atom. The number of ether oxygens (including phenoxy) is 1. The standard InChI is InChI=1S/C33H39ClN2O3/c1-31(2,37)24-11-14-30-28(21-24)26(27-7-5-17-35-29(27)22-39-30)8-6-18-36-19-15-33(16-20-36,32(3,4)38)23-9-12-25(34)13-10-23/h5,7-14,17,21,37-38H,6,15-16,18-20,22H2,1-4H3. The Balaban J connectivity index is 1.37. The molecule has 6 heteroatoms. The smallest absolute Gasteiger partial charge is 0.131 e. The second-order valence-electron chi connectivity index (χ2n) is 12.0. The van der Waals surface area contributed by atoms with Gasteiger partial charge in [0.05, 0.1) is 16.9 Å². The number of halogens is 1. The van der Waals surface area contributed by atoms with Gasteiger partial charge in [-0.3, -0.25) is 4.98 Å².